The number of rotatable bonds is 6. The van der Waals surface area contributed by atoms with E-state index in [9.17, 15) is 4.79 Å². The number of aromatic amines is 1. The predicted molar refractivity (Wildman–Crippen MR) is 137 cm³/mol. The summed E-state index contributed by atoms with van der Waals surface area (Å²) >= 11 is 8.23. The van der Waals surface area contributed by atoms with Crippen molar-refractivity contribution in [1.29, 1.82) is 0 Å². The third kappa shape index (κ3) is 4.04. The van der Waals surface area contributed by atoms with E-state index in [1.54, 1.807) is 6.20 Å². The summed E-state index contributed by atoms with van der Waals surface area (Å²) in [5, 5.41) is 8.08. The van der Waals surface area contributed by atoms with Gasteiger partial charge in [-0.1, -0.05) is 18.5 Å². The van der Waals surface area contributed by atoms with E-state index >= 15 is 0 Å². The van der Waals surface area contributed by atoms with Gasteiger partial charge in [-0.3, -0.25) is 9.97 Å². The Balaban J connectivity index is 1.30. The number of hydrogen-bond acceptors (Lipinski definition) is 7. The molecule has 1 saturated carbocycles. The monoisotopic (exact) mass is 508 g/mol. The van der Waals surface area contributed by atoms with Crippen molar-refractivity contribution in [1.82, 2.24) is 35.6 Å². The second-order valence-corrected chi connectivity index (χ2v) is 10.3. The number of H-pyrrole nitrogens is 1. The average molecular weight is 509 g/mol. The number of carbonyl (C=O) groups excluding carboxylic acids is 1. The zero-order valence-electron chi connectivity index (χ0n) is 19.4. The van der Waals surface area contributed by atoms with E-state index in [-0.39, 0.29) is 12.1 Å². The molecular weight excluding hydrogens is 484 g/mol. The van der Waals surface area contributed by atoms with Crippen LogP contribution in [-0.4, -0.2) is 56.6 Å². The molecule has 4 aromatic heterocycles. The fourth-order valence-electron chi connectivity index (χ4n) is 4.96. The minimum Gasteiger partial charge on any atom is -0.355 e. The lowest BCUT2D eigenvalue weighted by molar-refractivity contribution is 0.240. The molecule has 0 bridgehead atoms. The van der Waals surface area contributed by atoms with Gasteiger partial charge in [0, 0.05) is 60.5 Å². The number of carbonyl (C=O) groups is 1. The number of nitrogens with one attached hydrogen (secondary N) is 3. The minimum atomic E-state index is -0.0960. The Morgan fingerprint density at radius 2 is 2.06 bits per heavy atom. The van der Waals surface area contributed by atoms with Crippen molar-refractivity contribution in [3.63, 3.8) is 0 Å². The molecule has 11 heteroatoms. The number of fused-ring (bicyclic) bond motifs is 3. The van der Waals surface area contributed by atoms with Crippen molar-refractivity contribution < 1.29 is 4.79 Å². The molecule has 0 aromatic carbocycles. The largest absolute Gasteiger partial charge is 0.355 e. The van der Waals surface area contributed by atoms with E-state index in [2.05, 4.69) is 37.4 Å². The first-order valence-corrected chi connectivity index (χ1v) is 13.0. The molecule has 4 aromatic rings. The van der Waals surface area contributed by atoms with Crippen LogP contribution in [0.4, 0.5) is 10.6 Å². The predicted octanol–water partition coefficient (Wildman–Crippen LogP) is 4.02. The third-order valence-electron chi connectivity index (χ3n) is 6.74. The van der Waals surface area contributed by atoms with E-state index in [1.165, 1.54) is 11.8 Å². The standard InChI is InChI=1S/C24H25ClN8OS/c1-3-15-19(25)18-21(29-15)31-24(35-12-8-17-16(28-9-12)6-5-7-27-17)32-22(18)33-10-13-14(11-33)20(13)30-23(34)26-4-2/h5-9,13-14,20H,3-4,10-11H2,1-2H3,(H2,26,30,34)(H,29,31,32). The van der Waals surface area contributed by atoms with Crippen LogP contribution in [0.5, 0.6) is 0 Å². The van der Waals surface area contributed by atoms with Gasteiger partial charge in [0.25, 0.3) is 0 Å². The van der Waals surface area contributed by atoms with E-state index in [0.29, 0.717) is 28.6 Å². The molecule has 9 nitrogen and oxygen atoms in total. The van der Waals surface area contributed by atoms with Crippen molar-refractivity contribution >= 4 is 57.3 Å². The summed E-state index contributed by atoms with van der Waals surface area (Å²) in [6.07, 6.45) is 4.36. The number of aromatic nitrogens is 5. The van der Waals surface area contributed by atoms with Crippen molar-refractivity contribution in [3.05, 3.63) is 41.3 Å². The Bertz CT molecular complexity index is 1430. The van der Waals surface area contributed by atoms with Crippen LogP contribution in [0.3, 0.4) is 0 Å². The number of urea groups is 1. The summed E-state index contributed by atoms with van der Waals surface area (Å²) in [4.78, 5) is 37.2. The van der Waals surface area contributed by atoms with E-state index < -0.39 is 0 Å². The smallest absolute Gasteiger partial charge is 0.315 e. The number of pyridine rings is 2. The Labute approximate surface area is 211 Å². The zero-order chi connectivity index (χ0) is 24.1. The van der Waals surface area contributed by atoms with E-state index in [1.807, 2.05) is 31.3 Å². The second kappa shape index (κ2) is 8.83. The molecule has 3 N–H and O–H groups in total. The van der Waals surface area contributed by atoms with Crippen LogP contribution < -0.4 is 15.5 Å². The van der Waals surface area contributed by atoms with Crippen LogP contribution >= 0.6 is 23.4 Å². The molecule has 0 radical (unpaired) electrons. The molecule has 5 heterocycles. The van der Waals surface area contributed by atoms with Crippen molar-refractivity contribution in [2.24, 2.45) is 11.8 Å². The van der Waals surface area contributed by atoms with Gasteiger partial charge < -0.3 is 20.5 Å². The van der Waals surface area contributed by atoms with Gasteiger partial charge >= 0.3 is 6.03 Å². The molecular formula is C24H25ClN8OS. The van der Waals surface area contributed by atoms with E-state index in [0.717, 1.165) is 58.0 Å². The molecule has 1 aliphatic heterocycles. The first kappa shape index (κ1) is 22.4. The average Bonchev–Trinajstić information content (AvgIpc) is 3.18. The maximum atomic E-state index is 11.9. The summed E-state index contributed by atoms with van der Waals surface area (Å²) in [5.74, 6) is 1.67. The first-order chi connectivity index (χ1) is 17.1. The first-order valence-electron chi connectivity index (χ1n) is 11.8. The van der Waals surface area contributed by atoms with Crippen molar-refractivity contribution in [2.75, 3.05) is 24.5 Å². The molecule has 2 aliphatic rings. The topological polar surface area (TPSA) is 112 Å². The van der Waals surface area contributed by atoms with Crippen LogP contribution in [0.1, 0.15) is 19.5 Å². The molecule has 1 aliphatic carbocycles. The fourth-order valence-corrected chi connectivity index (χ4v) is 6.07. The highest BCUT2D eigenvalue weighted by Crippen LogP contribution is 2.48. The maximum absolute atomic E-state index is 11.9. The summed E-state index contributed by atoms with van der Waals surface area (Å²) in [6.45, 7) is 6.25. The molecule has 180 valence electrons. The maximum Gasteiger partial charge on any atom is 0.315 e. The number of nitrogens with zero attached hydrogens (tertiary/aromatic N) is 5. The van der Waals surface area contributed by atoms with Gasteiger partial charge in [-0.15, -0.1) is 0 Å². The molecule has 2 amide bonds. The van der Waals surface area contributed by atoms with Gasteiger partial charge in [0.15, 0.2) is 5.16 Å². The summed E-state index contributed by atoms with van der Waals surface area (Å²) in [7, 11) is 0. The third-order valence-corrected chi connectivity index (χ3v) is 7.98. The highest BCUT2D eigenvalue weighted by Gasteiger charge is 2.57. The molecule has 2 fully saturated rings. The normalized spacial score (nSPS) is 20.9. The van der Waals surface area contributed by atoms with Crippen LogP contribution in [0, 0.1) is 11.8 Å². The van der Waals surface area contributed by atoms with Gasteiger partial charge in [-0.2, -0.15) is 0 Å². The number of halogens is 1. The molecule has 35 heavy (non-hydrogen) atoms. The Kier molecular flexibility index (Phi) is 5.64. The van der Waals surface area contributed by atoms with Gasteiger partial charge in [0.1, 0.15) is 11.5 Å². The molecule has 2 atom stereocenters. The summed E-state index contributed by atoms with van der Waals surface area (Å²) in [6, 6.07) is 5.94. The number of anilines is 1. The van der Waals surface area contributed by atoms with Gasteiger partial charge in [-0.25, -0.2) is 14.8 Å². The van der Waals surface area contributed by atoms with E-state index in [4.69, 9.17) is 21.6 Å². The lowest BCUT2D eigenvalue weighted by atomic mass is 10.2. The number of hydrogen-bond donors (Lipinski definition) is 3. The quantitative estimate of drug-likeness (QED) is 0.337. The van der Waals surface area contributed by atoms with Gasteiger partial charge in [0.2, 0.25) is 0 Å². The van der Waals surface area contributed by atoms with Crippen LogP contribution in [0.15, 0.2) is 40.6 Å². The lowest BCUT2D eigenvalue weighted by Gasteiger charge is -2.22. The summed E-state index contributed by atoms with van der Waals surface area (Å²) in [5.41, 5.74) is 3.38. The fraction of sp³-hybridized carbons (Fsp3) is 0.375. The summed E-state index contributed by atoms with van der Waals surface area (Å²) < 4.78 is 0. The zero-order valence-corrected chi connectivity index (χ0v) is 21.0. The molecule has 1 saturated heterocycles. The Morgan fingerprint density at radius 1 is 1.23 bits per heavy atom. The lowest BCUT2D eigenvalue weighted by Crippen LogP contribution is -2.40. The van der Waals surface area contributed by atoms with Gasteiger partial charge in [-0.05, 0) is 43.3 Å². The Morgan fingerprint density at radius 3 is 2.83 bits per heavy atom. The SMILES string of the molecule is CCNC(=O)NC1C2CN(c3nc(Sc4cnc5cccnc5c4)nc4[nH]c(CC)c(Cl)c34)CC21. The molecule has 0 spiro atoms. The molecule has 2 unspecified atom stereocenters. The van der Waals surface area contributed by atoms with Crippen molar-refractivity contribution in [3.8, 4) is 0 Å². The van der Waals surface area contributed by atoms with Crippen molar-refractivity contribution in [2.45, 2.75) is 36.4 Å². The second-order valence-electron chi connectivity index (χ2n) is 8.90. The number of amides is 2. The molecule has 6 rings (SSSR count). The van der Waals surface area contributed by atoms with Crippen LogP contribution in [0.2, 0.25) is 5.02 Å². The minimum absolute atomic E-state index is 0.0960. The number of piperidine rings is 1. The van der Waals surface area contributed by atoms with Crippen LogP contribution in [-0.2, 0) is 6.42 Å². The number of aryl methyl sites for hydroxylation is 1. The highest BCUT2D eigenvalue weighted by atomic mass is 35.5. The van der Waals surface area contributed by atoms with Crippen LogP contribution in [0.25, 0.3) is 22.1 Å². The highest BCUT2D eigenvalue weighted by molar-refractivity contribution is 7.99. The van der Waals surface area contributed by atoms with Gasteiger partial charge in [0.05, 0.1) is 21.4 Å². The Hall–Kier alpha value is -3.11.